The molecule has 3 aromatic carbocycles. The SMILES string of the molecule is COc1ccc2c(c1)C(=O)[C@@]1(c3ccccc3)CC(c3ccccc3)=CC(=O)N21. The first-order chi connectivity index (χ1) is 14.1. The first-order valence-corrected chi connectivity index (χ1v) is 9.54. The molecule has 2 aliphatic rings. The molecule has 2 heterocycles. The molecule has 0 fully saturated rings. The van der Waals surface area contributed by atoms with Crippen molar-refractivity contribution >= 4 is 23.0 Å². The van der Waals surface area contributed by atoms with Crippen LogP contribution in [0.4, 0.5) is 5.69 Å². The first kappa shape index (κ1) is 17.4. The molecule has 1 atom stereocenters. The summed E-state index contributed by atoms with van der Waals surface area (Å²) >= 11 is 0. The van der Waals surface area contributed by atoms with Gasteiger partial charge in [0.25, 0.3) is 5.91 Å². The standard InChI is InChI=1S/C25H19NO3/c1-29-20-12-13-22-21(15-20)24(28)25(19-10-6-3-7-11-19)16-18(14-23(27)26(22)25)17-8-4-2-5-9-17/h2-15H,16H2,1H3/t25-/m0/s1. The largest absolute Gasteiger partial charge is 0.497 e. The number of Topliss-reactive ketones (excluding diaryl/α,β-unsaturated/α-hetero) is 1. The molecule has 0 saturated carbocycles. The Morgan fingerprint density at radius 1 is 0.897 bits per heavy atom. The predicted octanol–water partition coefficient (Wildman–Crippen LogP) is 4.61. The van der Waals surface area contributed by atoms with Crippen LogP contribution in [0.5, 0.6) is 5.75 Å². The number of anilines is 1. The van der Waals surface area contributed by atoms with Gasteiger partial charge < -0.3 is 4.74 Å². The quantitative estimate of drug-likeness (QED) is 0.666. The molecule has 1 amide bonds. The van der Waals surface area contributed by atoms with Gasteiger partial charge in [0.15, 0.2) is 5.78 Å². The van der Waals surface area contributed by atoms with Gasteiger partial charge in [-0.1, -0.05) is 60.7 Å². The minimum atomic E-state index is -1.09. The van der Waals surface area contributed by atoms with E-state index in [1.54, 1.807) is 36.3 Å². The fraction of sp³-hybridized carbons (Fsp3) is 0.120. The number of benzene rings is 3. The third-order valence-electron chi connectivity index (χ3n) is 5.81. The predicted molar refractivity (Wildman–Crippen MR) is 112 cm³/mol. The summed E-state index contributed by atoms with van der Waals surface area (Å²) in [6, 6.07) is 24.7. The lowest BCUT2D eigenvalue weighted by Crippen LogP contribution is -2.52. The second-order valence-electron chi connectivity index (χ2n) is 7.32. The number of hydrogen-bond acceptors (Lipinski definition) is 3. The van der Waals surface area contributed by atoms with Crippen molar-refractivity contribution in [2.75, 3.05) is 12.0 Å². The van der Waals surface area contributed by atoms with Crippen molar-refractivity contribution in [1.82, 2.24) is 0 Å². The topological polar surface area (TPSA) is 46.6 Å². The third kappa shape index (κ3) is 2.46. The van der Waals surface area contributed by atoms with Crippen LogP contribution >= 0.6 is 0 Å². The summed E-state index contributed by atoms with van der Waals surface area (Å²) in [5.41, 5.74) is 2.70. The maximum Gasteiger partial charge on any atom is 0.252 e. The number of rotatable bonds is 3. The number of carbonyl (C=O) groups is 2. The molecule has 5 rings (SSSR count). The van der Waals surface area contributed by atoms with Gasteiger partial charge >= 0.3 is 0 Å². The molecule has 0 radical (unpaired) electrons. The molecule has 4 heteroatoms. The molecule has 3 aromatic rings. The highest BCUT2D eigenvalue weighted by Gasteiger charge is 2.56. The van der Waals surface area contributed by atoms with Crippen molar-refractivity contribution in [3.63, 3.8) is 0 Å². The van der Waals surface area contributed by atoms with Crippen LogP contribution in [0.2, 0.25) is 0 Å². The van der Waals surface area contributed by atoms with Gasteiger partial charge in [-0.25, -0.2) is 0 Å². The number of methoxy groups -OCH3 is 1. The average Bonchev–Trinajstić information content (AvgIpc) is 3.04. The van der Waals surface area contributed by atoms with Crippen molar-refractivity contribution in [3.8, 4) is 5.75 Å². The van der Waals surface area contributed by atoms with Crippen LogP contribution in [-0.4, -0.2) is 18.8 Å². The molecule has 0 unspecified atom stereocenters. The molecule has 0 saturated heterocycles. The van der Waals surface area contributed by atoms with Crippen LogP contribution in [0.15, 0.2) is 84.9 Å². The van der Waals surface area contributed by atoms with Gasteiger partial charge in [0.1, 0.15) is 11.3 Å². The number of ether oxygens (including phenoxy) is 1. The maximum atomic E-state index is 13.9. The van der Waals surface area contributed by atoms with Crippen molar-refractivity contribution in [3.05, 3.63) is 102 Å². The zero-order valence-electron chi connectivity index (χ0n) is 16.0. The van der Waals surface area contributed by atoms with Crippen molar-refractivity contribution in [2.24, 2.45) is 0 Å². The van der Waals surface area contributed by atoms with Crippen LogP contribution in [0.1, 0.15) is 27.9 Å². The van der Waals surface area contributed by atoms with E-state index in [-0.39, 0.29) is 11.7 Å². The van der Waals surface area contributed by atoms with E-state index < -0.39 is 5.54 Å². The Bertz CT molecular complexity index is 1150. The van der Waals surface area contributed by atoms with Gasteiger partial charge in [0.2, 0.25) is 0 Å². The Kier molecular flexibility index (Phi) is 3.88. The zero-order chi connectivity index (χ0) is 20.0. The molecule has 0 spiro atoms. The van der Waals surface area contributed by atoms with Crippen LogP contribution in [0.25, 0.3) is 5.57 Å². The van der Waals surface area contributed by atoms with Crippen LogP contribution < -0.4 is 9.64 Å². The molecule has 2 aliphatic heterocycles. The summed E-state index contributed by atoms with van der Waals surface area (Å²) < 4.78 is 5.33. The average molecular weight is 381 g/mol. The second-order valence-corrected chi connectivity index (χ2v) is 7.32. The van der Waals surface area contributed by atoms with Gasteiger partial charge in [0.05, 0.1) is 12.8 Å². The summed E-state index contributed by atoms with van der Waals surface area (Å²) in [6.07, 6.45) is 2.08. The van der Waals surface area contributed by atoms with Gasteiger partial charge in [-0.15, -0.1) is 0 Å². The third-order valence-corrected chi connectivity index (χ3v) is 5.81. The Labute approximate surface area is 169 Å². The summed E-state index contributed by atoms with van der Waals surface area (Å²) in [4.78, 5) is 28.9. The lowest BCUT2D eigenvalue weighted by molar-refractivity contribution is -0.115. The minimum absolute atomic E-state index is 0.0764. The Hall–Kier alpha value is -3.66. The van der Waals surface area contributed by atoms with Gasteiger partial charge in [0, 0.05) is 18.1 Å². The Balaban J connectivity index is 1.75. The number of ketones is 1. The highest BCUT2D eigenvalue weighted by molar-refractivity contribution is 6.25. The lowest BCUT2D eigenvalue weighted by atomic mass is 9.76. The number of nitrogens with zero attached hydrogens (tertiary/aromatic N) is 1. The minimum Gasteiger partial charge on any atom is -0.497 e. The van der Waals surface area contributed by atoms with Crippen LogP contribution in [0.3, 0.4) is 0 Å². The fourth-order valence-electron chi connectivity index (χ4n) is 4.47. The van der Waals surface area contributed by atoms with Gasteiger partial charge in [-0.3, -0.25) is 14.5 Å². The monoisotopic (exact) mass is 381 g/mol. The van der Waals surface area contributed by atoms with E-state index in [4.69, 9.17) is 4.74 Å². The second kappa shape index (κ2) is 6.45. The first-order valence-electron chi connectivity index (χ1n) is 9.54. The highest BCUT2D eigenvalue weighted by Crippen LogP contribution is 2.52. The zero-order valence-corrected chi connectivity index (χ0v) is 16.0. The van der Waals surface area contributed by atoms with Crippen LogP contribution in [0, 0.1) is 0 Å². The number of carbonyl (C=O) groups excluding carboxylic acids is 2. The van der Waals surface area contributed by atoms with E-state index in [1.165, 1.54) is 0 Å². The number of fused-ring (bicyclic) bond motifs is 3. The summed E-state index contributed by atoms with van der Waals surface area (Å²) in [5.74, 6) is 0.340. The Morgan fingerprint density at radius 2 is 1.59 bits per heavy atom. The highest BCUT2D eigenvalue weighted by atomic mass is 16.5. The molecular formula is C25H19NO3. The number of hydrogen-bond donors (Lipinski definition) is 0. The van der Waals surface area contributed by atoms with E-state index in [0.717, 1.165) is 16.7 Å². The molecular weight excluding hydrogens is 362 g/mol. The molecule has 4 nitrogen and oxygen atoms in total. The maximum absolute atomic E-state index is 13.9. The fourth-order valence-corrected chi connectivity index (χ4v) is 4.47. The summed E-state index contributed by atoms with van der Waals surface area (Å²) in [5, 5.41) is 0. The van der Waals surface area contributed by atoms with E-state index in [2.05, 4.69) is 0 Å². The molecule has 0 aromatic heterocycles. The van der Waals surface area contributed by atoms with Gasteiger partial charge in [-0.2, -0.15) is 0 Å². The van der Waals surface area contributed by atoms with Gasteiger partial charge in [-0.05, 0) is 34.9 Å². The molecule has 29 heavy (non-hydrogen) atoms. The van der Waals surface area contributed by atoms with Crippen LogP contribution in [-0.2, 0) is 10.3 Å². The summed E-state index contributed by atoms with van der Waals surface area (Å²) in [6.45, 7) is 0. The Morgan fingerprint density at radius 3 is 2.28 bits per heavy atom. The molecule has 0 aliphatic carbocycles. The molecule has 0 bridgehead atoms. The lowest BCUT2D eigenvalue weighted by Gasteiger charge is -2.41. The summed E-state index contributed by atoms with van der Waals surface area (Å²) in [7, 11) is 1.57. The van der Waals surface area contributed by atoms with E-state index in [0.29, 0.717) is 23.4 Å². The molecule has 0 N–H and O–H groups in total. The molecule has 142 valence electrons. The normalized spacial score (nSPS) is 20.2. The smallest absolute Gasteiger partial charge is 0.252 e. The van der Waals surface area contributed by atoms with Crippen molar-refractivity contribution < 1.29 is 14.3 Å². The van der Waals surface area contributed by atoms with E-state index >= 15 is 0 Å². The van der Waals surface area contributed by atoms with Crippen molar-refractivity contribution in [1.29, 1.82) is 0 Å². The number of amides is 1. The van der Waals surface area contributed by atoms with E-state index in [1.807, 2.05) is 60.7 Å². The van der Waals surface area contributed by atoms with Crippen molar-refractivity contribution in [2.45, 2.75) is 12.0 Å². The van der Waals surface area contributed by atoms with E-state index in [9.17, 15) is 9.59 Å².